The lowest BCUT2D eigenvalue weighted by Gasteiger charge is -2.32. The number of hydrogen-bond acceptors (Lipinski definition) is 4. The van der Waals surface area contributed by atoms with E-state index in [0.29, 0.717) is 19.0 Å². The molecule has 0 N–H and O–H groups in total. The lowest BCUT2D eigenvalue weighted by atomic mass is 10.1. The standard InChI is InChI=1S/C23H21F2N5O2/c1-14-11-28(17-9-7-16(24)8-10-17)22-26-20-19(29(22)12-14)21(31)30(23(32)27(20)2)13-15-5-3-4-6-18(15)25/h3-10,14H,11-13H2,1-2H3/t14-/m0/s1. The molecular weight excluding hydrogens is 416 g/mol. The molecule has 32 heavy (non-hydrogen) atoms. The number of aromatic nitrogens is 4. The van der Waals surface area contributed by atoms with Crippen LogP contribution in [0.4, 0.5) is 20.4 Å². The predicted octanol–water partition coefficient (Wildman–Crippen LogP) is 3.01. The lowest BCUT2D eigenvalue weighted by molar-refractivity contribution is 0.457. The second-order valence-electron chi connectivity index (χ2n) is 8.21. The van der Waals surface area contributed by atoms with Crippen molar-refractivity contribution in [1.29, 1.82) is 0 Å². The first-order valence-electron chi connectivity index (χ1n) is 10.3. The highest BCUT2D eigenvalue weighted by Gasteiger charge is 2.30. The molecular formula is C23H21F2N5O2. The summed E-state index contributed by atoms with van der Waals surface area (Å²) in [4.78, 5) is 33.0. The van der Waals surface area contributed by atoms with Crippen molar-refractivity contribution in [2.45, 2.75) is 20.0 Å². The molecule has 2 aromatic heterocycles. The van der Waals surface area contributed by atoms with Crippen LogP contribution in [0.1, 0.15) is 12.5 Å². The van der Waals surface area contributed by atoms with Crippen LogP contribution in [0.25, 0.3) is 11.2 Å². The van der Waals surface area contributed by atoms with Gasteiger partial charge in [0.1, 0.15) is 11.6 Å². The first-order valence-corrected chi connectivity index (χ1v) is 10.3. The lowest BCUT2D eigenvalue weighted by Crippen LogP contribution is -2.40. The maximum absolute atomic E-state index is 14.2. The number of imidazole rings is 1. The molecule has 0 saturated carbocycles. The van der Waals surface area contributed by atoms with E-state index in [0.717, 1.165) is 10.3 Å². The molecule has 164 valence electrons. The van der Waals surface area contributed by atoms with E-state index in [1.807, 2.05) is 11.8 Å². The van der Waals surface area contributed by atoms with Gasteiger partial charge >= 0.3 is 5.69 Å². The quantitative estimate of drug-likeness (QED) is 0.494. The fourth-order valence-corrected chi connectivity index (χ4v) is 4.28. The molecule has 0 bridgehead atoms. The SMILES string of the molecule is C[C@H]1CN(c2ccc(F)cc2)c2nc3c(c(=O)n(Cc4ccccc4F)c(=O)n3C)n2C1. The van der Waals surface area contributed by atoms with Crippen LogP contribution in [0.3, 0.4) is 0 Å². The summed E-state index contributed by atoms with van der Waals surface area (Å²) in [7, 11) is 1.55. The molecule has 7 nitrogen and oxygen atoms in total. The van der Waals surface area contributed by atoms with E-state index < -0.39 is 17.1 Å². The smallest absolute Gasteiger partial charge is 0.312 e. The van der Waals surface area contributed by atoms with Crippen LogP contribution >= 0.6 is 0 Å². The Kier molecular flexibility index (Phi) is 4.69. The number of nitrogens with zero attached hydrogens (tertiary/aromatic N) is 5. The molecule has 4 aromatic rings. The van der Waals surface area contributed by atoms with Gasteiger partial charge in [0.15, 0.2) is 11.2 Å². The van der Waals surface area contributed by atoms with Crippen molar-refractivity contribution in [3.63, 3.8) is 0 Å². The van der Waals surface area contributed by atoms with Gasteiger partial charge in [0, 0.05) is 31.4 Å². The molecule has 0 unspecified atom stereocenters. The van der Waals surface area contributed by atoms with Crippen LogP contribution in [0, 0.1) is 17.6 Å². The Morgan fingerprint density at radius 2 is 1.75 bits per heavy atom. The van der Waals surface area contributed by atoms with E-state index in [-0.39, 0.29) is 35.0 Å². The molecule has 3 heterocycles. The van der Waals surface area contributed by atoms with Crippen molar-refractivity contribution in [3.8, 4) is 0 Å². The van der Waals surface area contributed by atoms with E-state index in [9.17, 15) is 18.4 Å². The maximum atomic E-state index is 14.2. The summed E-state index contributed by atoms with van der Waals surface area (Å²) in [5.74, 6) is -0.138. The molecule has 0 amide bonds. The van der Waals surface area contributed by atoms with Gasteiger partial charge in [0.05, 0.1) is 6.54 Å². The van der Waals surface area contributed by atoms with Gasteiger partial charge in [-0.2, -0.15) is 4.98 Å². The summed E-state index contributed by atoms with van der Waals surface area (Å²) in [6, 6.07) is 12.1. The second-order valence-corrected chi connectivity index (χ2v) is 8.21. The number of benzene rings is 2. The Labute approximate surface area is 181 Å². The van der Waals surface area contributed by atoms with Gasteiger partial charge in [-0.3, -0.25) is 13.9 Å². The van der Waals surface area contributed by atoms with Crippen LogP contribution in [-0.4, -0.2) is 25.2 Å². The molecule has 1 atom stereocenters. The summed E-state index contributed by atoms with van der Waals surface area (Å²) in [5, 5.41) is 0. The monoisotopic (exact) mass is 437 g/mol. The van der Waals surface area contributed by atoms with E-state index >= 15 is 0 Å². The van der Waals surface area contributed by atoms with Gasteiger partial charge in [0.2, 0.25) is 5.95 Å². The maximum Gasteiger partial charge on any atom is 0.332 e. The zero-order valence-corrected chi connectivity index (χ0v) is 17.6. The van der Waals surface area contributed by atoms with Crippen molar-refractivity contribution in [2.75, 3.05) is 11.4 Å². The molecule has 9 heteroatoms. The minimum Gasteiger partial charge on any atom is -0.312 e. The highest BCUT2D eigenvalue weighted by atomic mass is 19.1. The Bertz CT molecular complexity index is 1450. The average molecular weight is 437 g/mol. The number of rotatable bonds is 3. The van der Waals surface area contributed by atoms with Crippen molar-refractivity contribution in [1.82, 2.24) is 18.7 Å². The van der Waals surface area contributed by atoms with Crippen molar-refractivity contribution < 1.29 is 8.78 Å². The average Bonchev–Trinajstić information content (AvgIpc) is 3.16. The first-order chi connectivity index (χ1) is 15.3. The van der Waals surface area contributed by atoms with Gasteiger partial charge in [-0.25, -0.2) is 13.6 Å². The Balaban J connectivity index is 1.73. The summed E-state index contributed by atoms with van der Waals surface area (Å²) in [6.45, 7) is 3.04. The van der Waals surface area contributed by atoms with E-state index in [2.05, 4.69) is 4.98 Å². The van der Waals surface area contributed by atoms with Gasteiger partial charge in [-0.05, 0) is 36.2 Å². The van der Waals surface area contributed by atoms with Crippen LogP contribution in [0.5, 0.6) is 0 Å². The number of fused-ring (bicyclic) bond motifs is 3. The fraction of sp³-hybridized carbons (Fsp3) is 0.261. The minimum atomic E-state index is -0.567. The van der Waals surface area contributed by atoms with Gasteiger partial charge < -0.3 is 9.47 Å². The second kappa shape index (κ2) is 7.44. The summed E-state index contributed by atoms with van der Waals surface area (Å²) >= 11 is 0. The Morgan fingerprint density at radius 1 is 1.03 bits per heavy atom. The van der Waals surface area contributed by atoms with E-state index in [4.69, 9.17) is 0 Å². The third kappa shape index (κ3) is 3.12. The largest absolute Gasteiger partial charge is 0.332 e. The summed E-state index contributed by atoms with van der Waals surface area (Å²) in [5.41, 5.74) is 0.468. The topological polar surface area (TPSA) is 65.1 Å². The van der Waals surface area contributed by atoms with Crippen LogP contribution < -0.4 is 16.1 Å². The molecule has 2 aromatic carbocycles. The minimum absolute atomic E-state index is 0.168. The number of aryl methyl sites for hydroxylation is 1. The summed E-state index contributed by atoms with van der Waals surface area (Å²) in [6.07, 6.45) is 0. The zero-order chi connectivity index (χ0) is 22.6. The Hall–Kier alpha value is -3.75. The third-order valence-electron chi connectivity index (χ3n) is 5.87. The molecule has 0 fully saturated rings. The van der Waals surface area contributed by atoms with Crippen LogP contribution in [-0.2, 0) is 20.1 Å². The van der Waals surface area contributed by atoms with E-state index in [1.165, 1.54) is 22.8 Å². The summed E-state index contributed by atoms with van der Waals surface area (Å²) < 4.78 is 31.8. The Morgan fingerprint density at radius 3 is 2.47 bits per heavy atom. The molecule has 0 saturated heterocycles. The van der Waals surface area contributed by atoms with Gasteiger partial charge in [0.25, 0.3) is 5.56 Å². The number of hydrogen-bond donors (Lipinski definition) is 0. The highest BCUT2D eigenvalue weighted by Crippen LogP contribution is 2.32. The fourth-order valence-electron chi connectivity index (χ4n) is 4.28. The highest BCUT2D eigenvalue weighted by molar-refractivity contribution is 5.77. The van der Waals surface area contributed by atoms with Crippen molar-refractivity contribution in [3.05, 3.63) is 86.6 Å². The zero-order valence-electron chi connectivity index (χ0n) is 17.6. The third-order valence-corrected chi connectivity index (χ3v) is 5.87. The molecule has 1 aliphatic rings. The molecule has 5 rings (SSSR count). The van der Waals surface area contributed by atoms with Crippen LogP contribution in [0.15, 0.2) is 58.1 Å². The van der Waals surface area contributed by atoms with E-state index in [1.54, 1.807) is 41.9 Å². The molecule has 0 aliphatic carbocycles. The van der Waals surface area contributed by atoms with Gasteiger partial charge in [-0.1, -0.05) is 25.1 Å². The first kappa shape index (κ1) is 20.2. The molecule has 0 spiro atoms. The van der Waals surface area contributed by atoms with Crippen molar-refractivity contribution in [2.24, 2.45) is 13.0 Å². The number of halogens is 2. The van der Waals surface area contributed by atoms with Crippen LogP contribution in [0.2, 0.25) is 0 Å². The normalized spacial score (nSPS) is 15.9. The molecule has 1 aliphatic heterocycles. The van der Waals surface area contributed by atoms with Gasteiger partial charge in [-0.15, -0.1) is 0 Å². The number of anilines is 2. The van der Waals surface area contributed by atoms with Crippen molar-refractivity contribution >= 4 is 22.8 Å². The molecule has 0 radical (unpaired) electrons. The predicted molar refractivity (Wildman–Crippen MR) is 117 cm³/mol.